The summed E-state index contributed by atoms with van der Waals surface area (Å²) in [5, 5.41) is 3.39. The summed E-state index contributed by atoms with van der Waals surface area (Å²) in [5.74, 6) is 0. The molecule has 7 aromatic rings. The lowest BCUT2D eigenvalue weighted by Crippen LogP contribution is -1.96. The van der Waals surface area contributed by atoms with Crippen LogP contribution in [0.5, 0.6) is 0 Å². The van der Waals surface area contributed by atoms with E-state index < -0.39 is 0 Å². The fourth-order valence-electron chi connectivity index (χ4n) is 4.90. The lowest BCUT2D eigenvalue weighted by Gasteiger charge is -2.09. The van der Waals surface area contributed by atoms with Crippen LogP contribution in [0.1, 0.15) is 0 Å². The van der Waals surface area contributed by atoms with Gasteiger partial charge < -0.3 is 4.57 Å². The smallest absolute Gasteiger partial charge is 0.147 e. The molecule has 4 heterocycles. The highest BCUT2D eigenvalue weighted by atomic mass is 15.1. The molecule has 0 saturated heterocycles. The largest absolute Gasteiger partial charge is 0.307 e. The van der Waals surface area contributed by atoms with Crippen molar-refractivity contribution < 1.29 is 0 Å². The Kier molecular flexibility index (Phi) is 3.52. The number of hydrogen-bond donors (Lipinski definition) is 0. The quantitative estimate of drug-likeness (QED) is 0.319. The third kappa shape index (κ3) is 2.26. The van der Waals surface area contributed by atoms with Crippen molar-refractivity contribution in [2.75, 3.05) is 0 Å². The molecule has 7 rings (SSSR count). The van der Waals surface area contributed by atoms with Crippen LogP contribution < -0.4 is 0 Å². The maximum atomic E-state index is 4.99. The summed E-state index contributed by atoms with van der Waals surface area (Å²) in [7, 11) is 0. The molecule has 0 unspecified atom stereocenters. The zero-order chi connectivity index (χ0) is 21.1. The van der Waals surface area contributed by atoms with E-state index in [2.05, 4.69) is 88.0 Å². The van der Waals surface area contributed by atoms with Crippen LogP contribution in [0.4, 0.5) is 0 Å². The van der Waals surface area contributed by atoms with Crippen LogP contribution in [0.3, 0.4) is 0 Å². The van der Waals surface area contributed by atoms with E-state index in [1.165, 1.54) is 5.39 Å². The summed E-state index contributed by atoms with van der Waals surface area (Å²) in [4.78, 5) is 9.73. The van der Waals surface area contributed by atoms with Crippen LogP contribution in [0.15, 0.2) is 109 Å². The van der Waals surface area contributed by atoms with E-state index >= 15 is 0 Å². The molecule has 0 radical (unpaired) electrons. The predicted molar refractivity (Wildman–Crippen MR) is 131 cm³/mol. The third-order valence-corrected chi connectivity index (χ3v) is 6.19. The number of para-hydroxylation sites is 3. The third-order valence-electron chi connectivity index (χ3n) is 6.19. The topological polar surface area (TPSA) is 35.6 Å². The maximum absolute atomic E-state index is 4.99. The predicted octanol–water partition coefficient (Wildman–Crippen LogP) is 6.67. The zero-order valence-electron chi connectivity index (χ0n) is 17.2. The van der Waals surface area contributed by atoms with E-state index in [4.69, 9.17) is 9.97 Å². The number of aromatic nitrogens is 4. The van der Waals surface area contributed by atoms with Gasteiger partial charge in [0, 0.05) is 34.5 Å². The first kappa shape index (κ1) is 17.3. The van der Waals surface area contributed by atoms with Gasteiger partial charge in [0.25, 0.3) is 0 Å². The Morgan fingerprint density at radius 1 is 0.531 bits per heavy atom. The van der Waals surface area contributed by atoms with Crippen molar-refractivity contribution in [1.29, 1.82) is 0 Å². The van der Waals surface area contributed by atoms with Gasteiger partial charge in [-0.2, -0.15) is 0 Å². The average Bonchev–Trinajstić information content (AvgIpc) is 3.38. The summed E-state index contributed by atoms with van der Waals surface area (Å²) in [6, 6.07) is 33.6. The molecule has 32 heavy (non-hydrogen) atoms. The van der Waals surface area contributed by atoms with Gasteiger partial charge in [0.05, 0.1) is 27.5 Å². The molecular formula is C28H18N4. The summed E-state index contributed by atoms with van der Waals surface area (Å²) >= 11 is 0. The van der Waals surface area contributed by atoms with Gasteiger partial charge in [-0.15, -0.1) is 0 Å². The number of benzene rings is 3. The highest BCUT2D eigenvalue weighted by Crippen LogP contribution is 2.40. The molecule has 0 aliphatic rings. The lowest BCUT2D eigenvalue weighted by molar-refractivity contribution is 1.14. The molecule has 0 atom stereocenters. The highest BCUT2D eigenvalue weighted by molar-refractivity contribution is 6.24. The lowest BCUT2D eigenvalue weighted by atomic mass is 10.1. The van der Waals surface area contributed by atoms with Crippen LogP contribution >= 0.6 is 0 Å². The highest BCUT2D eigenvalue weighted by Gasteiger charge is 2.21. The van der Waals surface area contributed by atoms with Crippen molar-refractivity contribution in [3.05, 3.63) is 109 Å². The molecule has 3 aromatic carbocycles. The Bertz CT molecular complexity index is 1760. The number of pyridine rings is 2. The van der Waals surface area contributed by atoms with Gasteiger partial charge in [-0.3, -0.25) is 9.55 Å². The van der Waals surface area contributed by atoms with Gasteiger partial charge in [0.15, 0.2) is 0 Å². The Labute approximate surface area is 184 Å². The van der Waals surface area contributed by atoms with Gasteiger partial charge in [-0.25, -0.2) is 4.98 Å². The van der Waals surface area contributed by atoms with Crippen molar-refractivity contribution >= 4 is 43.9 Å². The fourth-order valence-corrected chi connectivity index (χ4v) is 4.90. The minimum Gasteiger partial charge on any atom is -0.307 e. The van der Waals surface area contributed by atoms with Gasteiger partial charge in [0.2, 0.25) is 0 Å². The van der Waals surface area contributed by atoms with E-state index in [0.717, 1.165) is 49.9 Å². The molecule has 0 saturated carbocycles. The Morgan fingerprint density at radius 2 is 1.19 bits per heavy atom. The Morgan fingerprint density at radius 3 is 1.97 bits per heavy atom. The van der Waals surface area contributed by atoms with Crippen molar-refractivity contribution in [3.8, 4) is 11.4 Å². The molecule has 150 valence electrons. The SMILES string of the molecule is c1ccc(-n2c3ccccc3c3c2ncc2c4ncccc4n(-c4ccccc4)c23)cc1. The fraction of sp³-hybridized carbons (Fsp3) is 0. The molecule has 4 aromatic heterocycles. The molecule has 0 bridgehead atoms. The van der Waals surface area contributed by atoms with E-state index in [-0.39, 0.29) is 0 Å². The monoisotopic (exact) mass is 410 g/mol. The van der Waals surface area contributed by atoms with Crippen molar-refractivity contribution in [2.45, 2.75) is 0 Å². The maximum Gasteiger partial charge on any atom is 0.147 e. The minimum absolute atomic E-state index is 0.949. The van der Waals surface area contributed by atoms with Crippen molar-refractivity contribution in [3.63, 3.8) is 0 Å². The van der Waals surface area contributed by atoms with Crippen LogP contribution in [0.25, 0.3) is 55.2 Å². The standard InChI is InChI=1S/C28H18N4/c1-3-10-19(11-4-1)31-24-16-9-17-29-26(24)22-18-30-28-25(27(22)31)21-14-7-8-15-23(21)32(28)20-12-5-2-6-13-20/h1-18H. The van der Waals surface area contributed by atoms with Crippen LogP contribution in [0.2, 0.25) is 0 Å². The molecular weight excluding hydrogens is 392 g/mol. The van der Waals surface area contributed by atoms with Crippen LogP contribution in [0, 0.1) is 0 Å². The molecule has 0 fully saturated rings. The Hall–Kier alpha value is -4.44. The molecule has 4 nitrogen and oxygen atoms in total. The first-order valence-electron chi connectivity index (χ1n) is 10.7. The van der Waals surface area contributed by atoms with E-state index in [9.17, 15) is 0 Å². The summed E-state index contributed by atoms with van der Waals surface area (Å²) < 4.78 is 4.58. The second kappa shape index (κ2) is 6.53. The number of hydrogen-bond acceptors (Lipinski definition) is 2. The molecule has 0 spiro atoms. The Balaban J connectivity index is 1.77. The van der Waals surface area contributed by atoms with E-state index in [0.29, 0.717) is 0 Å². The van der Waals surface area contributed by atoms with E-state index in [1.807, 2.05) is 30.6 Å². The van der Waals surface area contributed by atoms with Crippen LogP contribution in [-0.2, 0) is 0 Å². The first-order valence-corrected chi connectivity index (χ1v) is 10.7. The number of rotatable bonds is 2. The molecule has 0 aliphatic carbocycles. The second-order valence-corrected chi connectivity index (χ2v) is 7.95. The number of fused-ring (bicyclic) bond motifs is 7. The molecule has 4 heteroatoms. The normalized spacial score (nSPS) is 11.8. The van der Waals surface area contributed by atoms with Crippen molar-refractivity contribution in [2.24, 2.45) is 0 Å². The van der Waals surface area contributed by atoms with E-state index in [1.54, 1.807) is 0 Å². The number of nitrogens with zero attached hydrogens (tertiary/aromatic N) is 4. The second-order valence-electron chi connectivity index (χ2n) is 7.95. The first-order chi connectivity index (χ1) is 15.9. The molecule has 0 amide bonds. The minimum atomic E-state index is 0.949. The summed E-state index contributed by atoms with van der Waals surface area (Å²) in [6.45, 7) is 0. The molecule has 0 aliphatic heterocycles. The summed E-state index contributed by atoms with van der Waals surface area (Å²) in [5.41, 5.74) is 7.50. The van der Waals surface area contributed by atoms with Gasteiger partial charge in [-0.1, -0.05) is 54.6 Å². The van der Waals surface area contributed by atoms with Crippen molar-refractivity contribution in [1.82, 2.24) is 19.1 Å². The van der Waals surface area contributed by atoms with Gasteiger partial charge in [-0.05, 0) is 42.5 Å². The van der Waals surface area contributed by atoms with Gasteiger partial charge >= 0.3 is 0 Å². The molecule has 0 N–H and O–H groups in total. The average molecular weight is 410 g/mol. The zero-order valence-corrected chi connectivity index (χ0v) is 17.2. The summed E-state index contributed by atoms with van der Waals surface area (Å²) in [6.07, 6.45) is 3.83. The van der Waals surface area contributed by atoms with Gasteiger partial charge in [0.1, 0.15) is 5.65 Å². The van der Waals surface area contributed by atoms with Crippen LogP contribution in [-0.4, -0.2) is 19.1 Å².